The number of anilines is 1. The molecule has 2 aromatic carbocycles. The molecule has 3 rings (SSSR count). The summed E-state index contributed by atoms with van der Waals surface area (Å²) in [5.74, 6) is 2.24. The van der Waals surface area contributed by atoms with E-state index in [1.807, 2.05) is 18.2 Å². The highest BCUT2D eigenvalue weighted by molar-refractivity contribution is 5.79. The predicted molar refractivity (Wildman–Crippen MR) is 119 cm³/mol. The Kier molecular flexibility index (Phi) is 7.39. The van der Waals surface area contributed by atoms with Crippen molar-refractivity contribution in [3.63, 3.8) is 0 Å². The van der Waals surface area contributed by atoms with Gasteiger partial charge in [0.15, 0.2) is 17.5 Å². The minimum absolute atomic E-state index is 0.621. The van der Waals surface area contributed by atoms with Crippen molar-refractivity contribution in [2.75, 3.05) is 38.8 Å². The van der Waals surface area contributed by atoms with Crippen molar-refractivity contribution < 1.29 is 9.47 Å². The molecule has 0 aromatic heterocycles. The maximum absolute atomic E-state index is 5.38. The quantitative estimate of drug-likeness (QED) is 0.409. The van der Waals surface area contributed by atoms with Crippen molar-refractivity contribution in [2.24, 2.45) is 4.99 Å². The number of aliphatic imine (C=N–C) groups is 1. The lowest BCUT2D eigenvalue weighted by molar-refractivity contribution is 0.354. The Morgan fingerprint density at radius 3 is 2.48 bits per heavy atom. The van der Waals surface area contributed by atoms with E-state index < -0.39 is 0 Å². The molecule has 1 aliphatic rings. The van der Waals surface area contributed by atoms with Crippen molar-refractivity contribution in [3.8, 4) is 11.5 Å². The Morgan fingerprint density at radius 1 is 0.966 bits per heavy atom. The van der Waals surface area contributed by atoms with Crippen LogP contribution in [-0.2, 0) is 13.1 Å². The smallest absolute Gasteiger partial charge is 0.191 e. The summed E-state index contributed by atoms with van der Waals surface area (Å²) in [6.45, 7) is 6.08. The molecule has 0 bridgehead atoms. The molecular weight excluding hydrogens is 364 g/mol. The van der Waals surface area contributed by atoms with Crippen molar-refractivity contribution >= 4 is 11.6 Å². The van der Waals surface area contributed by atoms with Crippen LogP contribution >= 0.6 is 0 Å². The average molecular weight is 395 g/mol. The maximum atomic E-state index is 5.38. The predicted octanol–water partition coefficient (Wildman–Crippen LogP) is 3.34. The van der Waals surface area contributed by atoms with Gasteiger partial charge in [-0.3, -0.25) is 0 Å². The van der Waals surface area contributed by atoms with E-state index in [4.69, 9.17) is 14.5 Å². The van der Waals surface area contributed by atoms with Gasteiger partial charge in [0.2, 0.25) is 0 Å². The zero-order valence-corrected chi connectivity index (χ0v) is 17.4. The second-order valence-corrected chi connectivity index (χ2v) is 6.78. The molecule has 0 spiro atoms. The van der Waals surface area contributed by atoms with Gasteiger partial charge in [0, 0.05) is 31.9 Å². The molecule has 154 valence electrons. The lowest BCUT2D eigenvalue weighted by atomic mass is 10.2. The first-order valence-corrected chi connectivity index (χ1v) is 9.95. The van der Waals surface area contributed by atoms with Crippen molar-refractivity contribution in [3.05, 3.63) is 65.7 Å². The van der Waals surface area contributed by atoms with E-state index in [2.05, 4.69) is 58.9 Å². The van der Waals surface area contributed by atoms with Crippen LogP contribution in [0.1, 0.15) is 18.1 Å². The van der Waals surface area contributed by atoms with Crippen LogP contribution < -0.4 is 25.0 Å². The van der Waals surface area contributed by atoms with Crippen LogP contribution in [0.5, 0.6) is 11.5 Å². The Hall–Kier alpha value is -3.15. The molecule has 2 N–H and O–H groups in total. The largest absolute Gasteiger partial charge is 0.493 e. The molecule has 1 aliphatic heterocycles. The number of nitrogens with zero attached hydrogens (tertiary/aromatic N) is 2. The van der Waals surface area contributed by atoms with Crippen LogP contribution in [0.3, 0.4) is 0 Å². The van der Waals surface area contributed by atoms with E-state index in [1.165, 1.54) is 11.3 Å². The van der Waals surface area contributed by atoms with Gasteiger partial charge in [0.05, 0.1) is 20.8 Å². The summed E-state index contributed by atoms with van der Waals surface area (Å²) in [5.41, 5.74) is 3.53. The highest BCUT2D eigenvalue weighted by atomic mass is 16.5. The van der Waals surface area contributed by atoms with E-state index in [-0.39, 0.29) is 0 Å². The number of methoxy groups -OCH3 is 2. The van der Waals surface area contributed by atoms with E-state index in [0.717, 1.165) is 42.7 Å². The van der Waals surface area contributed by atoms with Gasteiger partial charge in [-0.1, -0.05) is 30.4 Å². The Labute approximate surface area is 173 Å². The number of hydrogen-bond acceptors (Lipinski definition) is 4. The molecular formula is C23H30N4O2. The number of benzene rings is 2. The molecule has 0 atom stereocenters. The monoisotopic (exact) mass is 394 g/mol. The molecule has 6 nitrogen and oxygen atoms in total. The van der Waals surface area contributed by atoms with Gasteiger partial charge in [0.25, 0.3) is 0 Å². The van der Waals surface area contributed by atoms with Gasteiger partial charge >= 0.3 is 0 Å². The highest BCUT2D eigenvalue weighted by Gasteiger charge is 2.08. The molecule has 2 aromatic rings. The van der Waals surface area contributed by atoms with Gasteiger partial charge < -0.3 is 25.0 Å². The summed E-state index contributed by atoms with van der Waals surface area (Å²) in [6, 6.07) is 14.5. The zero-order chi connectivity index (χ0) is 20.5. The normalized spacial score (nSPS) is 13.5. The fourth-order valence-corrected chi connectivity index (χ4v) is 3.23. The summed E-state index contributed by atoms with van der Waals surface area (Å²) < 4.78 is 10.7. The number of nitrogens with one attached hydrogen (secondary N) is 2. The van der Waals surface area contributed by atoms with Crippen LogP contribution in [0.15, 0.2) is 59.6 Å². The topological polar surface area (TPSA) is 58.1 Å². The van der Waals surface area contributed by atoms with E-state index >= 15 is 0 Å². The van der Waals surface area contributed by atoms with Gasteiger partial charge in [-0.25, -0.2) is 4.99 Å². The lowest BCUT2D eigenvalue weighted by Crippen LogP contribution is -2.36. The van der Waals surface area contributed by atoms with Crippen LogP contribution in [0.4, 0.5) is 5.69 Å². The summed E-state index contributed by atoms with van der Waals surface area (Å²) >= 11 is 0. The van der Waals surface area contributed by atoms with Crippen LogP contribution in [0, 0.1) is 0 Å². The molecule has 0 saturated carbocycles. The first-order chi connectivity index (χ1) is 14.2. The maximum Gasteiger partial charge on any atom is 0.191 e. The number of guanidine groups is 1. The van der Waals surface area contributed by atoms with Crippen molar-refractivity contribution in [1.29, 1.82) is 0 Å². The number of hydrogen-bond donors (Lipinski definition) is 2. The summed E-state index contributed by atoms with van der Waals surface area (Å²) in [4.78, 5) is 7.09. The van der Waals surface area contributed by atoms with Crippen molar-refractivity contribution in [2.45, 2.75) is 20.0 Å². The van der Waals surface area contributed by atoms with Crippen molar-refractivity contribution in [1.82, 2.24) is 10.6 Å². The number of rotatable bonds is 8. The second kappa shape index (κ2) is 10.4. The average Bonchev–Trinajstić information content (AvgIpc) is 3.30. The minimum Gasteiger partial charge on any atom is -0.493 e. The van der Waals surface area contributed by atoms with Crippen LogP contribution in [0.2, 0.25) is 0 Å². The third-order valence-corrected chi connectivity index (χ3v) is 4.77. The first kappa shape index (κ1) is 20.6. The van der Waals surface area contributed by atoms with E-state index in [0.29, 0.717) is 13.1 Å². The number of ether oxygens (including phenoxy) is 2. The lowest BCUT2D eigenvalue weighted by Gasteiger charge is -2.18. The molecule has 1 heterocycles. The van der Waals surface area contributed by atoms with E-state index in [9.17, 15) is 0 Å². The van der Waals surface area contributed by atoms with Gasteiger partial charge in [0.1, 0.15) is 0 Å². The fraction of sp³-hybridized carbons (Fsp3) is 0.348. The van der Waals surface area contributed by atoms with Crippen LogP contribution in [0.25, 0.3) is 0 Å². The first-order valence-electron chi connectivity index (χ1n) is 9.95. The van der Waals surface area contributed by atoms with Gasteiger partial charge in [-0.05, 0) is 42.3 Å². The molecule has 0 radical (unpaired) electrons. The molecule has 0 amide bonds. The second-order valence-electron chi connectivity index (χ2n) is 6.78. The molecule has 0 saturated heterocycles. The highest BCUT2D eigenvalue weighted by Crippen LogP contribution is 2.27. The third kappa shape index (κ3) is 5.67. The van der Waals surface area contributed by atoms with Crippen LogP contribution in [-0.4, -0.2) is 39.8 Å². The molecule has 0 aliphatic carbocycles. The third-order valence-electron chi connectivity index (χ3n) is 4.77. The molecule has 0 fully saturated rings. The van der Waals surface area contributed by atoms with Gasteiger partial charge in [-0.15, -0.1) is 0 Å². The summed E-state index contributed by atoms with van der Waals surface area (Å²) in [5, 5.41) is 6.69. The van der Waals surface area contributed by atoms with Gasteiger partial charge in [-0.2, -0.15) is 0 Å². The molecule has 29 heavy (non-hydrogen) atoms. The fourth-order valence-electron chi connectivity index (χ4n) is 3.23. The standard InChI is InChI=1S/C23H30N4O2/c1-4-24-23(26-17-19-10-11-21(28-2)22(15-19)29-3)25-16-18-8-7-9-20(14-18)27-12-5-6-13-27/h5-11,14-15H,4,12-13,16-17H2,1-3H3,(H2,24,25,26). The molecule has 6 heteroatoms. The minimum atomic E-state index is 0.621. The Balaban J connectivity index is 1.63. The molecule has 0 unspecified atom stereocenters. The Morgan fingerprint density at radius 2 is 1.76 bits per heavy atom. The Bertz CT molecular complexity index is 856. The SMILES string of the molecule is CCNC(=NCc1cccc(N2CC=CC2)c1)NCc1ccc(OC)c(OC)c1. The summed E-state index contributed by atoms with van der Waals surface area (Å²) in [6.07, 6.45) is 4.40. The van der Waals surface area contributed by atoms with E-state index in [1.54, 1.807) is 14.2 Å². The summed E-state index contributed by atoms with van der Waals surface area (Å²) in [7, 11) is 3.29. The zero-order valence-electron chi connectivity index (χ0n) is 17.4.